The Morgan fingerprint density at radius 2 is 1.61 bits per heavy atom. The van der Waals surface area contributed by atoms with E-state index in [4.69, 9.17) is 0 Å². The number of carbonyl (C=O) groups is 3. The summed E-state index contributed by atoms with van der Waals surface area (Å²) in [6.07, 6.45) is 2.56. The van der Waals surface area contributed by atoms with Crippen molar-refractivity contribution in [1.29, 1.82) is 0 Å². The first-order chi connectivity index (χ1) is 10.3. The smallest absolute Gasteiger partial charge is 0.233 e. The van der Waals surface area contributed by atoms with E-state index in [0.717, 1.165) is 12.8 Å². The number of rotatable bonds is 7. The van der Waals surface area contributed by atoms with Gasteiger partial charge in [0.25, 0.3) is 0 Å². The van der Waals surface area contributed by atoms with Gasteiger partial charge in [0, 0.05) is 28.7 Å². The average molecular weight is 323 g/mol. The highest BCUT2D eigenvalue weighted by atomic mass is 16.2. The first-order valence-corrected chi connectivity index (χ1v) is 8.68. The van der Waals surface area contributed by atoms with Crippen LogP contribution in [0.3, 0.4) is 0 Å². The van der Waals surface area contributed by atoms with Gasteiger partial charge in [0.1, 0.15) is 5.78 Å². The van der Waals surface area contributed by atoms with Crippen LogP contribution in [0, 0.1) is 16.7 Å². The van der Waals surface area contributed by atoms with E-state index in [1.165, 1.54) is 4.90 Å². The molecule has 4 nitrogen and oxygen atoms in total. The maximum absolute atomic E-state index is 13.0. The van der Waals surface area contributed by atoms with E-state index >= 15 is 0 Å². The van der Waals surface area contributed by atoms with E-state index in [1.807, 2.05) is 41.5 Å². The van der Waals surface area contributed by atoms with Gasteiger partial charge in [0.05, 0.1) is 0 Å². The van der Waals surface area contributed by atoms with Crippen LogP contribution in [0.4, 0.5) is 0 Å². The van der Waals surface area contributed by atoms with Gasteiger partial charge in [-0.3, -0.25) is 19.3 Å². The summed E-state index contributed by atoms with van der Waals surface area (Å²) in [7, 11) is 0. The fraction of sp³-hybridized carbons (Fsp3) is 0.842. The van der Waals surface area contributed by atoms with E-state index in [-0.39, 0.29) is 35.4 Å². The lowest BCUT2D eigenvalue weighted by Crippen LogP contribution is -2.52. The topological polar surface area (TPSA) is 54.5 Å². The molecule has 1 aliphatic rings. The minimum Gasteiger partial charge on any atom is -0.299 e. The van der Waals surface area contributed by atoms with E-state index in [1.54, 1.807) is 6.92 Å². The molecule has 0 aromatic heterocycles. The molecule has 0 N–H and O–H groups in total. The summed E-state index contributed by atoms with van der Waals surface area (Å²) in [5, 5.41) is 0. The van der Waals surface area contributed by atoms with Crippen molar-refractivity contribution in [3.8, 4) is 0 Å². The van der Waals surface area contributed by atoms with Crippen LogP contribution < -0.4 is 0 Å². The molecule has 4 heteroatoms. The van der Waals surface area contributed by atoms with Gasteiger partial charge >= 0.3 is 0 Å². The average Bonchev–Trinajstić information content (AvgIpc) is 2.61. The molecular weight excluding hydrogens is 290 g/mol. The molecule has 0 aromatic carbocycles. The maximum atomic E-state index is 13.0. The van der Waals surface area contributed by atoms with Crippen molar-refractivity contribution < 1.29 is 14.4 Å². The number of imide groups is 1. The second-order valence-corrected chi connectivity index (χ2v) is 9.01. The molecule has 1 aliphatic heterocycles. The molecule has 1 saturated heterocycles. The summed E-state index contributed by atoms with van der Waals surface area (Å²) < 4.78 is 0. The molecule has 23 heavy (non-hydrogen) atoms. The van der Waals surface area contributed by atoms with Gasteiger partial charge in [-0.25, -0.2) is 0 Å². The summed E-state index contributed by atoms with van der Waals surface area (Å²) in [5.41, 5.74) is -1.63. The highest BCUT2D eigenvalue weighted by molar-refractivity contribution is 6.04. The third-order valence-electron chi connectivity index (χ3n) is 4.96. The third-order valence-corrected chi connectivity index (χ3v) is 4.96. The van der Waals surface area contributed by atoms with Crippen molar-refractivity contribution in [2.24, 2.45) is 16.7 Å². The molecule has 0 spiro atoms. The summed E-state index contributed by atoms with van der Waals surface area (Å²) in [5.74, 6) is -0.288. The summed E-state index contributed by atoms with van der Waals surface area (Å²) in [4.78, 5) is 39.0. The molecule has 0 aromatic rings. The predicted molar refractivity (Wildman–Crippen MR) is 91.8 cm³/mol. The lowest BCUT2D eigenvalue weighted by atomic mass is 9.67. The minimum atomic E-state index is -0.652. The van der Waals surface area contributed by atoms with Gasteiger partial charge in [0.15, 0.2) is 0 Å². The second kappa shape index (κ2) is 6.37. The molecule has 0 radical (unpaired) electrons. The largest absolute Gasteiger partial charge is 0.299 e. The van der Waals surface area contributed by atoms with E-state index in [9.17, 15) is 14.4 Å². The van der Waals surface area contributed by atoms with E-state index in [0.29, 0.717) is 6.42 Å². The number of carbonyl (C=O) groups excluding carboxylic acids is 3. The van der Waals surface area contributed by atoms with Crippen LogP contribution in [-0.4, -0.2) is 28.0 Å². The molecule has 1 unspecified atom stereocenters. The summed E-state index contributed by atoms with van der Waals surface area (Å²) >= 11 is 0. The van der Waals surface area contributed by atoms with Gasteiger partial charge in [0.2, 0.25) is 11.8 Å². The third kappa shape index (κ3) is 4.02. The van der Waals surface area contributed by atoms with Crippen LogP contribution in [0.15, 0.2) is 0 Å². The quantitative estimate of drug-likeness (QED) is 0.666. The van der Waals surface area contributed by atoms with Crippen LogP contribution in [0.25, 0.3) is 0 Å². The standard InChI is InChI=1S/C19H33NO3/c1-9-10-17(3,4)16(23)18(5,6)12-19(7,8)20-14(21)11-13(2)15(20)22/h13H,9-12H2,1-8H3. The second-order valence-electron chi connectivity index (χ2n) is 9.01. The molecular formula is C19H33NO3. The first-order valence-electron chi connectivity index (χ1n) is 8.68. The Morgan fingerprint density at radius 3 is 2.00 bits per heavy atom. The van der Waals surface area contributed by atoms with Crippen LogP contribution in [0.1, 0.15) is 81.1 Å². The molecule has 1 rings (SSSR count). The van der Waals surface area contributed by atoms with Crippen LogP contribution in [0.5, 0.6) is 0 Å². The summed E-state index contributed by atoms with van der Waals surface area (Å²) in [6, 6.07) is 0. The monoisotopic (exact) mass is 323 g/mol. The van der Waals surface area contributed by atoms with E-state index < -0.39 is 11.0 Å². The molecule has 132 valence electrons. The maximum Gasteiger partial charge on any atom is 0.233 e. The van der Waals surface area contributed by atoms with E-state index in [2.05, 4.69) is 6.92 Å². The van der Waals surface area contributed by atoms with Crippen LogP contribution in [0.2, 0.25) is 0 Å². The summed E-state index contributed by atoms with van der Waals surface area (Å²) in [6.45, 7) is 15.5. The van der Waals surface area contributed by atoms with Crippen molar-refractivity contribution in [2.45, 2.75) is 86.6 Å². The van der Waals surface area contributed by atoms with Gasteiger partial charge in [-0.15, -0.1) is 0 Å². The van der Waals surface area contributed by atoms with Gasteiger partial charge < -0.3 is 0 Å². The molecule has 1 heterocycles. The molecule has 0 aliphatic carbocycles. The molecule has 2 amide bonds. The number of likely N-dealkylation sites (tertiary alicyclic amines) is 1. The Labute approximate surface area is 141 Å². The zero-order chi connectivity index (χ0) is 18.2. The van der Waals surface area contributed by atoms with Gasteiger partial charge in [-0.2, -0.15) is 0 Å². The highest BCUT2D eigenvalue weighted by Gasteiger charge is 2.48. The van der Waals surface area contributed by atoms with Crippen molar-refractivity contribution >= 4 is 17.6 Å². The zero-order valence-corrected chi connectivity index (χ0v) is 16.1. The number of hydrogen-bond acceptors (Lipinski definition) is 3. The SMILES string of the molecule is CCCC(C)(C)C(=O)C(C)(C)CC(C)(C)N1C(=O)CC(C)C1=O. The Morgan fingerprint density at radius 1 is 1.09 bits per heavy atom. The van der Waals surface area contributed by atoms with Crippen molar-refractivity contribution in [3.05, 3.63) is 0 Å². The number of Topliss-reactive ketones (excluding diaryl/α,β-unsaturated/α-hetero) is 1. The zero-order valence-electron chi connectivity index (χ0n) is 16.1. The number of ketones is 1. The minimum absolute atomic E-state index is 0.115. The van der Waals surface area contributed by atoms with Crippen LogP contribution >= 0.6 is 0 Å². The molecule has 1 fully saturated rings. The number of nitrogens with zero attached hydrogens (tertiary/aromatic N) is 1. The Balaban J connectivity index is 3.01. The van der Waals surface area contributed by atoms with Gasteiger partial charge in [-0.1, -0.05) is 48.0 Å². The Bertz CT molecular complexity index is 503. The lowest BCUT2D eigenvalue weighted by molar-refractivity contribution is -0.149. The normalized spacial score (nSPS) is 20.3. The predicted octanol–water partition coefficient (Wildman–Crippen LogP) is 3.97. The van der Waals surface area contributed by atoms with Crippen molar-refractivity contribution in [2.75, 3.05) is 0 Å². The lowest BCUT2D eigenvalue weighted by Gasteiger charge is -2.42. The molecule has 0 bridgehead atoms. The number of amides is 2. The van der Waals surface area contributed by atoms with Crippen molar-refractivity contribution in [1.82, 2.24) is 4.90 Å². The Kier molecular flexibility index (Phi) is 5.50. The number of hydrogen-bond donors (Lipinski definition) is 0. The Hall–Kier alpha value is -1.19. The van der Waals surface area contributed by atoms with Crippen LogP contribution in [-0.2, 0) is 14.4 Å². The fourth-order valence-corrected chi connectivity index (χ4v) is 4.32. The molecule has 1 atom stereocenters. The first kappa shape index (κ1) is 19.9. The molecule has 0 saturated carbocycles. The van der Waals surface area contributed by atoms with Crippen molar-refractivity contribution in [3.63, 3.8) is 0 Å². The fourth-order valence-electron chi connectivity index (χ4n) is 4.32. The highest BCUT2D eigenvalue weighted by Crippen LogP contribution is 2.41. The van der Waals surface area contributed by atoms with Gasteiger partial charge in [-0.05, 0) is 26.7 Å².